The summed E-state index contributed by atoms with van der Waals surface area (Å²) >= 11 is 0. The Morgan fingerprint density at radius 2 is 1.75 bits per heavy atom. The second-order valence-electron chi connectivity index (χ2n) is 4.20. The van der Waals surface area contributed by atoms with Gasteiger partial charge in [0.25, 0.3) is 0 Å². The standard InChI is InChI=1S/C13H18O3/c1-8-6-10(3)12(7-9(8)2)11(4-5-14)13(15)16/h6-7,11,14H,4-5H2,1-3H3,(H,15,16). The minimum atomic E-state index is -0.875. The number of aliphatic carboxylic acids is 1. The van der Waals surface area contributed by atoms with Crippen molar-refractivity contribution in [2.24, 2.45) is 0 Å². The molecule has 0 radical (unpaired) electrons. The summed E-state index contributed by atoms with van der Waals surface area (Å²) in [7, 11) is 0. The summed E-state index contributed by atoms with van der Waals surface area (Å²) in [6.45, 7) is 5.78. The molecule has 88 valence electrons. The van der Waals surface area contributed by atoms with E-state index in [1.54, 1.807) is 0 Å². The highest BCUT2D eigenvalue weighted by Gasteiger charge is 2.21. The minimum Gasteiger partial charge on any atom is -0.481 e. The average molecular weight is 222 g/mol. The minimum absolute atomic E-state index is 0.108. The predicted octanol–water partition coefficient (Wildman–Crippen LogP) is 2.16. The highest BCUT2D eigenvalue weighted by Crippen LogP contribution is 2.26. The number of carboxylic acids is 1. The maximum atomic E-state index is 11.1. The summed E-state index contributed by atoms with van der Waals surface area (Å²) in [5, 5.41) is 18.0. The maximum Gasteiger partial charge on any atom is 0.311 e. The molecule has 1 aromatic carbocycles. The van der Waals surface area contributed by atoms with E-state index in [-0.39, 0.29) is 13.0 Å². The summed E-state index contributed by atoms with van der Waals surface area (Å²) in [6, 6.07) is 3.91. The molecule has 0 amide bonds. The van der Waals surface area contributed by atoms with E-state index < -0.39 is 11.9 Å². The third kappa shape index (κ3) is 2.61. The van der Waals surface area contributed by atoms with E-state index in [0.717, 1.165) is 22.3 Å². The molecular formula is C13H18O3. The van der Waals surface area contributed by atoms with Crippen LogP contribution in [0.4, 0.5) is 0 Å². The summed E-state index contributed by atoms with van der Waals surface area (Å²) in [5.74, 6) is -1.48. The first-order chi connectivity index (χ1) is 7.47. The number of benzene rings is 1. The second kappa shape index (κ2) is 5.12. The fourth-order valence-corrected chi connectivity index (χ4v) is 1.90. The van der Waals surface area contributed by atoms with Crippen LogP contribution in [0.15, 0.2) is 12.1 Å². The van der Waals surface area contributed by atoms with Gasteiger partial charge < -0.3 is 10.2 Å². The molecule has 0 aliphatic carbocycles. The molecule has 0 saturated carbocycles. The van der Waals surface area contributed by atoms with E-state index in [2.05, 4.69) is 0 Å². The Labute approximate surface area is 95.7 Å². The number of aliphatic hydroxyl groups excluding tert-OH is 1. The van der Waals surface area contributed by atoms with Crippen LogP contribution < -0.4 is 0 Å². The van der Waals surface area contributed by atoms with Crippen molar-refractivity contribution in [1.29, 1.82) is 0 Å². The Balaban J connectivity index is 3.18. The zero-order valence-electron chi connectivity index (χ0n) is 9.95. The topological polar surface area (TPSA) is 57.5 Å². The van der Waals surface area contributed by atoms with E-state index in [0.29, 0.717) is 0 Å². The first-order valence-electron chi connectivity index (χ1n) is 5.38. The van der Waals surface area contributed by atoms with Gasteiger partial charge in [0.05, 0.1) is 5.92 Å². The number of aryl methyl sites for hydroxylation is 3. The first kappa shape index (κ1) is 12.7. The van der Waals surface area contributed by atoms with Crippen molar-refractivity contribution in [2.75, 3.05) is 6.61 Å². The van der Waals surface area contributed by atoms with Crippen molar-refractivity contribution in [2.45, 2.75) is 33.1 Å². The van der Waals surface area contributed by atoms with E-state index in [4.69, 9.17) is 10.2 Å². The molecule has 0 fully saturated rings. The summed E-state index contributed by atoms with van der Waals surface area (Å²) in [6.07, 6.45) is 0.263. The van der Waals surface area contributed by atoms with Crippen molar-refractivity contribution in [3.05, 3.63) is 34.4 Å². The number of carboxylic acid groups (broad SMARTS) is 1. The molecule has 3 nitrogen and oxygen atoms in total. The van der Waals surface area contributed by atoms with Crippen LogP contribution in [0, 0.1) is 20.8 Å². The second-order valence-corrected chi connectivity index (χ2v) is 4.20. The number of hydrogen-bond acceptors (Lipinski definition) is 2. The molecule has 1 atom stereocenters. The lowest BCUT2D eigenvalue weighted by atomic mass is 9.89. The van der Waals surface area contributed by atoms with Crippen molar-refractivity contribution < 1.29 is 15.0 Å². The van der Waals surface area contributed by atoms with E-state index in [1.807, 2.05) is 32.9 Å². The quantitative estimate of drug-likeness (QED) is 0.820. The Kier molecular flexibility index (Phi) is 4.07. The van der Waals surface area contributed by atoms with Gasteiger partial charge in [0, 0.05) is 6.61 Å². The molecule has 0 heterocycles. The van der Waals surface area contributed by atoms with Crippen LogP contribution in [0.3, 0.4) is 0 Å². The van der Waals surface area contributed by atoms with Gasteiger partial charge in [0.1, 0.15) is 0 Å². The molecule has 1 aromatic rings. The van der Waals surface area contributed by atoms with Crippen LogP contribution in [-0.4, -0.2) is 22.8 Å². The molecule has 0 aliphatic heterocycles. The van der Waals surface area contributed by atoms with Gasteiger partial charge in [-0.2, -0.15) is 0 Å². The Hall–Kier alpha value is -1.35. The lowest BCUT2D eigenvalue weighted by molar-refractivity contribution is -0.139. The molecule has 3 heteroatoms. The number of aliphatic hydroxyl groups is 1. The largest absolute Gasteiger partial charge is 0.481 e. The zero-order chi connectivity index (χ0) is 12.3. The van der Waals surface area contributed by atoms with Crippen molar-refractivity contribution in [3.63, 3.8) is 0 Å². The Bertz CT molecular complexity index is 396. The van der Waals surface area contributed by atoms with Gasteiger partial charge in [-0.05, 0) is 49.4 Å². The average Bonchev–Trinajstić information content (AvgIpc) is 2.20. The third-order valence-corrected chi connectivity index (χ3v) is 2.97. The Morgan fingerprint density at radius 3 is 2.25 bits per heavy atom. The van der Waals surface area contributed by atoms with Crippen molar-refractivity contribution >= 4 is 5.97 Å². The van der Waals surface area contributed by atoms with Gasteiger partial charge in [0.15, 0.2) is 0 Å². The molecule has 1 unspecified atom stereocenters. The van der Waals surface area contributed by atoms with E-state index in [1.165, 1.54) is 0 Å². The normalized spacial score (nSPS) is 12.5. The van der Waals surface area contributed by atoms with Gasteiger partial charge in [-0.25, -0.2) is 0 Å². The first-order valence-corrected chi connectivity index (χ1v) is 5.38. The number of hydrogen-bond donors (Lipinski definition) is 2. The summed E-state index contributed by atoms with van der Waals surface area (Å²) < 4.78 is 0. The zero-order valence-corrected chi connectivity index (χ0v) is 9.95. The monoisotopic (exact) mass is 222 g/mol. The molecule has 0 spiro atoms. The van der Waals surface area contributed by atoms with Gasteiger partial charge in [-0.3, -0.25) is 4.79 Å². The molecule has 0 bridgehead atoms. The highest BCUT2D eigenvalue weighted by atomic mass is 16.4. The van der Waals surface area contributed by atoms with E-state index in [9.17, 15) is 4.79 Å². The molecule has 1 rings (SSSR count). The molecule has 0 aromatic heterocycles. The van der Waals surface area contributed by atoms with E-state index >= 15 is 0 Å². The van der Waals surface area contributed by atoms with Crippen LogP contribution >= 0.6 is 0 Å². The molecule has 16 heavy (non-hydrogen) atoms. The highest BCUT2D eigenvalue weighted by molar-refractivity contribution is 5.76. The van der Waals surface area contributed by atoms with Crippen LogP contribution in [0.25, 0.3) is 0 Å². The van der Waals surface area contributed by atoms with Crippen molar-refractivity contribution in [1.82, 2.24) is 0 Å². The third-order valence-electron chi connectivity index (χ3n) is 2.97. The van der Waals surface area contributed by atoms with Gasteiger partial charge in [-0.1, -0.05) is 12.1 Å². The van der Waals surface area contributed by atoms with Crippen LogP contribution in [-0.2, 0) is 4.79 Å². The maximum absolute atomic E-state index is 11.1. The SMILES string of the molecule is Cc1cc(C)c(C(CCO)C(=O)O)cc1C. The smallest absolute Gasteiger partial charge is 0.311 e. The lowest BCUT2D eigenvalue weighted by Gasteiger charge is -2.16. The Morgan fingerprint density at radius 1 is 1.19 bits per heavy atom. The number of rotatable bonds is 4. The summed E-state index contributed by atoms with van der Waals surface area (Å²) in [5.41, 5.74) is 4.03. The fraction of sp³-hybridized carbons (Fsp3) is 0.462. The van der Waals surface area contributed by atoms with Crippen LogP contribution in [0.5, 0.6) is 0 Å². The summed E-state index contributed by atoms with van der Waals surface area (Å²) in [4.78, 5) is 11.1. The molecule has 2 N–H and O–H groups in total. The van der Waals surface area contributed by atoms with Crippen LogP contribution in [0.2, 0.25) is 0 Å². The van der Waals surface area contributed by atoms with Gasteiger partial charge in [0.2, 0.25) is 0 Å². The molecular weight excluding hydrogens is 204 g/mol. The predicted molar refractivity (Wildman–Crippen MR) is 62.7 cm³/mol. The lowest BCUT2D eigenvalue weighted by Crippen LogP contribution is -2.14. The van der Waals surface area contributed by atoms with Crippen LogP contribution in [0.1, 0.15) is 34.6 Å². The molecule has 0 saturated heterocycles. The van der Waals surface area contributed by atoms with Gasteiger partial charge in [-0.15, -0.1) is 0 Å². The molecule has 0 aliphatic rings. The number of carbonyl (C=O) groups is 1. The van der Waals surface area contributed by atoms with Gasteiger partial charge >= 0.3 is 5.97 Å². The fourth-order valence-electron chi connectivity index (χ4n) is 1.90. The van der Waals surface area contributed by atoms with Crippen molar-refractivity contribution in [3.8, 4) is 0 Å².